The highest BCUT2D eigenvalue weighted by molar-refractivity contribution is 7.00. The Hall–Kier alpha value is -0.895. The monoisotopic (exact) mass is 146 g/mol. The van der Waals surface area contributed by atoms with Crippen molar-refractivity contribution in [3.8, 4) is 0 Å². The average Bonchev–Trinajstić information content (AvgIpc) is 2.33. The van der Waals surface area contributed by atoms with Gasteiger partial charge in [0.25, 0.3) is 0 Å². The molecule has 0 saturated carbocycles. The van der Waals surface area contributed by atoms with Gasteiger partial charge in [-0.15, -0.1) is 0 Å². The van der Waals surface area contributed by atoms with Gasteiger partial charge in [0.2, 0.25) is 0 Å². The third-order valence-corrected chi connectivity index (χ3v) is 1.83. The van der Waals surface area contributed by atoms with Crippen molar-refractivity contribution in [2.75, 3.05) is 0 Å². The molecule has 46 valence electrons. The molecule has 0 unspecified atom stereocenters. The average molecular weight is 146 g/mol. The summed E-state index contributed by atoms with van der Waals surface area (Å²) in [5, 5.41) is 0. The van der Waals surface area contributed by atoms with Crippen LogP contribution in [0.25, 0.3) is 11.0 Å². The molecule has 1 aromatic carbocycles. The maximum atomic E-state index is 5.52. The van der Waals surface area contributed by atoms with Crippen molar-refractivity contribution in [1.29, 1.82) is 0 Å². The Morgan fingerprint density at radius 1 is 1.20 bits per heavy atom. The standard InChI is InChI=1S/C6H3BN2S/c7-4-1-2-5-6(3-4)9-10-8-5/h1-3H. The van der Waals surface area contributed by atoms with E-state index in [4.69, 9.17) is 7.85 Å². The molecule has 0 N–H and O–H groups in total. The van der Waals surface area contributed by atoms with Crippen LogP contribution in [-0.2, 0) is 0 Å². The first kappa shape index (κ1) is 5.86. The Balaban J connectivity index is 2.86. The Kier molecular flexibility index (Phi) is 1.20. The van der Waals surface area contributed by atoms with Crippen LogP contribution >= 0.6 is 11.7 Å². The predicted octanol–water partition coefficient (Wildman–Crippen LogP) is 0.485. The van der Waals surface area contributed by atoms with Gasteiger partial charge in [-0.1, -0.05) is 11.5 Å². The second-order valence-corrected chi connectivity index (χ2v) is 2.54. The molecule has 0 aliphatic rings. The highest BCUT2D eigenvalue weighted by Crippen LogP contribution is 2.07. The molecule has 0 saturated heterocycles. The van der Waals surface area contributed by atoms with E-state index in [-0.39, 0.29) is 0 Å². The molecule has 0 bridgehead atoms. The summed E-state index contributed by atoms with van der Waals surface area (Å²) in [6, 6.07) is 5.51. The van der Waals surface area contributed by atoms with Gasteiger partial charge in [-0.25, -0.2) is 0 Å². The van der Waals surface area contributed by atoms with E-state index in [1.807, 2.05) is 18.2 Å². The molecule has 0 fully saturated rings. The smallest absolute Gasteiger partial charge is 0.113 e. The summed E-state index contributed by atoms with van der Waals surface area (Å²) in [5.41, 5.74) is 2.53. The summed E-state index contributed by atoms with van der Waals surface area (Å²) >= 11 is 1.21. The van der Waals surface area contributed by atoms with Crippen LogP contribution in [0.4, 0.5) is 0 Å². The molecule has 1 heterocycles. The number of aromatic nitrogens is 2. The SMILES string of the molecule is [B]c1ccc2nsnc2c1. The zero-order valence-electron chi connectivity index (χ0n) is 5.11. The van der Waals surface area contributed by atoms with Crippen LogP contribution < -0.4 is 5.46 Å². The minimum absolute atomic E-state index is 0.736. The van der Waals surface area contributed by atoms with Crippen molar-refractivity contribution in [1.82, 2.24) is 8.75 Å². The number of hydrogen-bond donors (Lipinski definition) is 0. The largest absolute Gasteiger partial charge is 0.173 e. The predicted molar refractivity (Wildman–Crippen MR) is 42.8 cm³/mol. The van der Waals surface area contributed by atoms with Crippen molar-refractivity contribution in [2.24, 2.45) is 0 Å². The van der Waals surface area contributed by atoms with E-state index < -0.39 is 0 Å². The molecule has 1 aromatic heterocycles. The van der Waals surface area contributed by atoms with Gasteiger partial charge in [-0.3, -0.25) is 0 Å². The Labute approximate surface area is 63.6 Å². The summed E-state index contributed by atoms with van der Waals surface area (Å²) in [7, 11) is 5.52. The summed E-state index contributed by atoms with van der Waals surface area (Å²) in [6.45, 7) is 0. The molecule has 0 spiro atoms. The molecule has 2 aromatic rings. The van der Waals surface area contributed by atoms with Crippen LogP contribution in [0.5, 0.6) is 0 Å². The van der Waals surface area contributed by atoms with Gasteiger partial charge in [0.05, 0.1) is 11.7 Å². The van der Waals surface area contributed by atoms with Crippen LogP contribution in [-0.4, -0.2) is 16.6 Å². The molecule has 2 rings (SSSR count). The van der Waals surface area contributed by atoms with E-state index in [0.717, 1.165) is 16.5 Å². The molecule has 0 amide bonds. The minimum Gasteiger partial charge on any atom is -0.173 e. The van der Waals surface area contributed by atoms with E-state index in [0.29, 0.717) is 0 Å². The van der Waals surface area contributed by atoms with Crippen LogP contribution in [0.1, 0.15) is 0 Å². The zero-order valence-corrected chi connectivity index (χ0v) is 5.93. The number of benzene rings is 1. The van der Waals surface area contributed by atoms with Gasteiger partial charge in [0.1, 0.15) is 18.9 Å². The van der Waals surface area contributed by atoms with Gasteiger partial charge in [-0.05, 0) is 12.1 Å². The van der Waals surface area contributed by atoms with Crippen LogP contribution in [0.2, 0.25) is 0 Å². The van der Waals surface area contributed by atoms with E-state index in [9.17, 15) is 0 Å². The first-order valence-corrected chi connectivity index (χ1v) is 3.57. The number of nitrogens with zero attached hydrogens (tertiary/aromatic N) is 2. The van der Waals surface area contributed by atoms with Crippen molar-refractivity contribution >= 4 is 36.1 Å². The lowest BCUT2D eigenvalue weighted by atomic mass is 9.96. The lowest BCUT2D eigenvalue weighted by molar-refractivity contribution is 1.66. The van der Waals surface area contributed by atoms with E-state index in [2.05, 4.69) is 8.75 Å². The lowest BCUT2D eigenvalue weighted by Gasteiger charge is -1.87. The molecule has 10 heavy (non-hydrogen) atoms. The number of rotatable bonds is 0. The lowest BCUT2D eigenvalue weighted by Crippen LogP contribution is -1.99. The summed E-state index contributed by atoms with van der Waals surface area (Å²) in [6.07, 6.45) is 0. The third kappa shape index (κ3) is 0.808. The van der Waals surface area contributed by atoms with Gasteiger partial charge < -0.3 is 0 Å². The molecule has 0 aliphatic heterocycles. The Morgan fingerprint density at radius 2 is 2.00 bits per heavy atom. The van der Waals surface area contributed by atoms with Crippen molar-refractivity contribution in [3.05, 3.63) is 18.2 Å². The van der Waals surface area contributed by atoms with Crippen LogP contribution in [0.3, 0.4) is 0 Å². The topological polar surface area (TPSA) is 25.8 Å². The van der Waals surface area contributed by atoms with Crippen LogP contribution in [0, 0.1) is 0 Å². The minimum atomic E-state index is 0.736. The van der Waals surface area contributed by atoms with Crippen LogP contribution in [0.15, 0.2) is 18.2 Å². The molecular weight excluding hydrogens is 143 g/mol. The highest BCUT2D eigenvalue weighted by atomic mass is 32.1. The van der Waals surface area contributed by atoms with E-state index in [1.165, 1.54) is 11.7 Å². The first-order valence-electron chi connectivity index (χ1n) is 2.84. The maximum absolute atomic E-state index is 5.52. The quantitative estimate of drug-likeness (QED) is 0.505. The number of fused-ring (bicyclic) bond motifs is 1. The third-order valence-electron chi connectivity index (χ3n) is 1.28. The summed E-state index contributed by atoms with van der Waals surface area (Å²) in [5.74, 6) is 0. The fourth-order valence-electron chi connectivity index (χ4n) is 0.799. The summed E-state index contributed by atoms with van der Waals surface area (Å²) < 4.78 is 8.06. The van der Waals surface area contributed by atoms with Gasteiger partial charge in [0, 0.05) is 0 Å². The second-order valence-electron chi connectivity index (χ2n) is 2.01. The molecule has 0 atom stereocenters. The second kappa shape index (κ2) is 2.06. The van der Waals surface area contributed by atoms with Gasteiger partial charge in [-0.2, -0.15) is 8.75 Å². The first-order chi connectivity index (χ1) is 4.86. The molecule has 0 aliphatic carbocycles. The summed E-state index contributed by atoms with van der Waals surface area (Å²) in [4.78, 5) is 0. The Bertz CT molecular complexity index is 357. The molecule has 2 radical (unpaired) electrons. The van der Waals surface area contributed by atoms with Crippen molar-refractivity contribution in [2.45, 2.75) is 0 Å². The van der Waals surface area contributed by atoms with Gasteiger partial charge in [0.15, 0.2) is 0 Å². The normalized spacial score (nSPS) is 10.4. The maximum Gasteiger partial charge on any atom is 0.113 e. The van der Waals surface area contributed by atoms with E-state index in [1.54, 1.807) is 0 Å². The Morgan fingerprint density at radius 3 is 2.90 bits per heavy atom. The number of hydrogen-bond acceptors (Lipinski definition) is 3. The van der Waals surface area contributed by atoms with E-state index >= 15 is 0 Å². The molecule has 2 nitrogen and oxygen atoms in total. The fourth-order valence-corrected chi connectivity index (χ4v) is 1.32. The van der Waals surface area contributed by atoms with Crippen molar-refractivity contribution < 1.29 is 0 Å². The van der Waals surface area contributed by atoms with Crippen molar-refractivity contribution in [3.63, 3.8) is 0 Å². The zero-order chi connectivity index (χ0) is 6.97. The fraction of sp³-hybridized carbons (Fsp3) is 0. The molecular formula is C6H3BN2S. The van der Waals surface area contributed by atoms with Gasteiger partial charge >= 0.3 is 0 Å². The highest BCUT2D eigenvalue weighted by Gasteiger charge is 1.94. The molecule has 4 heteroatoms.